The molecule has 0 spiro atoms. The van der Waals surface area contributed by atoms with E-state index < -0.39 is 18.0 Å². The van der Waals surface area contributed by atoms with E-state index in [2.05, 4.69) is 10.3 Å². The zero-order valence-corrected chi connectivity index (χ0v) is 18.8. The molecule has 0 radical (unpaired) electrons. The summed E-state index contributed by atoms with van der Waals surface area (Å²) < 4.78 is 0. The molecule has 0 fully saturated rings. The Kier molecular flexibility index (Phi) is 9.69. The van der Waals surface area contributed by atoms with Crippen LogP contribution in [0, 0.1) is 0 Å². The van der Waals surface area contributed by atoms with Crippen molar-refractivity contribution in [3.8, 4) is 5.75 Å². The Morgan fingerprint density at radius 2 is 1.50 bits per heavy atom. The van der Waals surface area contributed by atoms with Gasteiger partial charge in [-0.3, -0.25) is 14.6 Å². The van der Waals surface area contributed by atoms with Gasteiger partial charge in [-0.05, 0) is 41.7 Å². The number of primary amides is 2. The third kappa shape index (κ3) is 8.69. The van der Waals surface area contributed by atoms with Crippen molar-refractivity contribution in [1.82, 2.24) is 10.2 Å². The molecule has 0 aliphatic carbocycles. The number of aromatic hydroxyl groups is 1. The number of guanidine groups is 1. The second-order valence-electron chi connectivity index (χ2n) is 7.77. The van der Waals surface area contributed by atoms with Crippen molar-refractivity contribution in [3.05, 3.63) is 65.2 Å². The maximum absolute atomic E-state index is 13.3. The Labute approximate surface area is 197 Å². The summed E-state index contributed by atoms with van der Waals surface area (Å²) in [4.78, 5) is 41.8. The van der Waals surface area contributed by atoms with E-state index in [0.717, 1.165) is 11.1 Å². The second-order valence-corrected chi connectivity index (χ2v) is 7.77. The average Bonchev–Trinajstić information content (AvgIpc) is 2.78. The van der Waals surface area contributed by atoms with Gasteiger partial charge in [-0.25, -0.2) is 4.79 Å². The number of nitrogens with two attached hydrogens (primary N) is 4. The number of nitrogens with one attached hydrogen (secondary N) is 1. The largest absolute Gasteiger partial charge is 0.508 e. The maximum atomic E-state index is 13.3. The fourth-order valence-corrected chi connectivity index (χ4v) is 3.36. The molecule has 0 saturated heterocycles. The van der Waals surface area contributed by atoms with Crippen LogP contribution in [0.1, 0.15) is 29.5 Å². The van der Waals surface area contributed by atoms with Crippen LogP contribution in [0.4, 0.5) is 4.79 Å². The molecule has 34 heavy (non-hydrogen) atoms. The summed E-state index contributed by atoms with van der Waals surface area (Å²) in [6.45, 7) is 0.720. The summed E-state index contributed by atoms with van der Waals surface area (Å²) in [5, 5.41) is 12.0. The molecular weight excluding hydrogens is 438 g/mol. The monoisotopic (exact) mass is 469 g/mol. The van der Waals surface area contributed by atoms with Crippen LogP contribution in [-0.4, -0.2) is 46.4 Å². The number of nitrogens with zero attached hydrogens (tertiary/aromatic N) is 2. The molecule has 0 aromatic heterocycles. The normalized spacial score (nSPS) is 11.3. The fourth-order valence-electron chi connectivity index (χ4n) is 3.36. The Morgan fingerprint density at radius 3 is 2.06 bits per heavy atom. The lowest BCUT2D eigenvalue weighted by Crippen LogP contribution is -2.48. The molecule has 0 heterocycles. The van der Waals surface area contributed by atoms with Crippen molar-refractivity contribution in [3.63, 3.8) is 0 Å². The number of hydrogen-bond donors (Lipinski definition) is 6. The highest BCUT2D eigenvalue weighted by Crippen LogP contribution is 2.17. The number of carbonyl (C=O) groups excluding carboxylic acids is 3. The highest BCUT2D eigenvalue weighted by atomic mass is 16.3. The molecule has 0 aliphatic rings. The Morgan fingerprint density at radius 1 is 0.912 bits per heavy atom. The number of phenols is 1. The average molecular weight is 470 g/mol. The van der Waals surface area contributed by atoms with Crippen LogP contribution in [0.3, 0.4) is 0 Å². The molecule has 0 bridgehead atoms. The molecule has 1 atom stereocenters. The molecule has 0 unspecified atom stereocenters. The summed E-state index contributed by atoms with van der Waals surface area (Å²) >= 11 is 0. The quantitative estimate of drug-likeness (QED) is 0.144. The van der Waals surface area contributed by atoms with Crippen LogP contribution in [0.25, 0.3) is 0 Å². The minimum Gasteiger partial charge on any atom is -0.508 e. The SMILES string of the molecule is NC(=O)NCc1ccc(CN(C(=O)Cc2ccc(O)cc2)[C@H](CCCN=C(N)N)C(N)=O)cc1. The van der Waals surface area contributed by atoms with Crippen LogP contribution in [0.2, 0.25) is 0 Å². The highest BCUT2D eigenvalue weighted by Gasteiger charge is 2.28. The van der Waals surface area contributed by atoms with Crippen LogP contribution < -0.4 is 28.3 Å². The van der Waals surface area contributed by atoms with Gasteiger partial charge in [-0.2, -0.15) is 0 Å². The van der Waals surface area contributed by atoms with E-state index in [1.807, 2.05) is 0 Å². The summed E-state index contributed by atoms with van der Waals surface area (Å²) in [6.07, 6.45) is 0.763. The van der Waals surface area contributed by atoms with E-state index >= 15 is 0 Å². The van der Waals surface area contributed by atoms with Crippen molar-refractivity contribution >= 4 is 23.8 Å². The van der Waals surface area contributed by atoms with Gasteiger partial charge in [0, 0.05) is 19.6 Å². The number of carbonyl (C=O) groups is 3. The Bertz CT molecular complexity index is 1000. The molecule has 0 aliphatic heterocycles. The minimum absolute atomic E-state index is 0.0264. The number of hydrogen-bond acceptors (Lipinski definition) is 5. The first-order valence-corrected chi connectivity index (χ1v) is 10.7. The van der Waals surface area contributed by atoms with Crippen molar-refractivity contribution in [2.24, 2.45) is 27.9 Å². The molecule has 0 saturated carbocycles. The predicted octanol–water partition coefficient (Wildman–Crippen LogP) is 0.0393. The van der Waals surface area contributed by atoms with E-state index in [1.54, 1.807) is 36.4 Å². The molecule has 4 amide bonds. The molecule has 2 aromatic carbocycles. The minimum atomic E-state index is -0.866. The molecule has 10 N–H and O–H groups in total. The second kappa shape index (κ2) is 12.7. The fraction of sp³-hybridized carbons (Fsp3) is 0.304. The topological polar surface area (TPSA) is 203 Å². The predicted molar refractivity (Wildman–Crippen MR) is 128 cm³/mol. The number of amides is 4. The van der Waals surface area contributed by atoms with Crippen molar-refractivity contribution in [2.75, 3.05) is 6.54 Å². The number of aliphatic imine (C=N–C) groups is 1. The molecule has 2 rings (SSSR count). The summed E-state index contributed by atoms with van der Waals surface area (Å²) in [5.74, 6) is -0.891. The standard InChI is InChI=1S/C23H31N7O4/c24-21(33)19(2-1-11-28-22(25)26)30(20(32)12-15-7-9-18(31)10-8-15)14-17-5-3-16(4-6-17)13-29-23(27)34/h3-10,19,31H,1-2,11-14H2,(H2,24,33)(H4,25,26,28)(H3,27,29,34)/t19-/m1/s1. The molecular formula is C23H31N7O4. The van der Waals surface area contributed by atoms with E-state index in [1.165, 1.54) is 17.0 Å². The van der Waals surface area contributed by atoms with Crippen molar-refractivity contribution in [2.45, 2.75) is 38.4 Å². The zero-order chi connectivity index (χ0) is 25.1. The summed E-state index contributed by atoms with van der Waals surface area (Å²) in [7, 11) is 0. The van der Waals surface area contributed by atoms with Gasteiger partial charge in [0.05, 0.1) is 6.42 Å². The third-order valence-electron chi connectivity index (χ3n) is 5.09. The van der Waals surface area contributed by atoms with Gasteiger partial charge in [-0.15, -0.1) is 0 Å². The number of rotatable bonds is 12. The molecule has 11 heteroatoms. The number of urea groups is 1. The van der Waals surface area contributed by atoms with Gasteiger partial charge in [0.25, 0.3) is 0 Å². The first-order valence-electron chi connectivity index (χ1n) is 10.7. The van der Waals surface area contributed by atoms with E-state index in [4.69, 9.17) is 22.9 Å². The molecule has 182 valence electrons. The lowest BCUT2D eigenvalue weighted by atomic mass is 10.0. The Hall–Kier alpha value is -4.28. The molecule has 11 nitrogen and oxygen atoms in total. The first kappa shape index (κ1) is 26.0. The van der Waals surface area contributed by atoms with Gasteiger partial charge in [0.15, 0.2) is 5.96 Å². The maximum Gasteiger partial charge on any atom is 0.312 e. The first-order chi connectivity index (χ1) is 16.2. The van der Waals surface area contributed by atoms with Gasteiger partial charge >= 0.3 is 6.03 Å². The van der Waals surface area contributed by atoms with Crippen molar-refractivity contribution < 1.29 is 19.5 Å². The lowest BCUT2D eigenvalue weighted by Gasteiger charge is -2.30. The van der Waals surface area contributed by atoms with Gasteiger partial charge in [0.1, 0.15) is 11.8 Å². The van der Waals surface area contributed by atoms with Crippen LogP contribution in [-0.2, 0) is 29.1 Å². The van der Waals surface area contributed by atoms with Crippen LogP contribution in [0.5, 0.6) is 5.75 Å². The lowest BCUT2D eigenvalue weighted by molar-refractivity contribution is -0.139. The summed E-state index contributed by atoms with van der Waals surface area (Å²) in [6, 6.07) is 12.0. The van der Waals surface area contributed by atoms with Gasteiger partial charge < -0.3 is 38.3 Å². The van der Waals surface area contributed by atoms with E-state index in [-0.39, 0.29) is 43.5 Å². The third-order valence-corrected chi connectivity index (χ3v) is 5.09. The zero-order valence-electron chi connectivity index (χ0n) is 18.8. The van der Waals surface area contributed by atoms with Crippen LogP contribution >= 0.6 is 0 Å². The molecule has 2 aromatic rings. The van der Waals surface area contributed by atoms with E-state index in [0.29, 0.717) is 18.5 Å². The number of phenolic OH excluding ortho intramolecular Hbond substituents is 1. The van der Waals surface area contributed by atoms with Crippen LogP contribution in [0.15, 0.2) is 53.5 Å². The number of benzene rings is 2. The summed E-state index contributed by atoms with van der Waals surface area (Å²) in [5.41, 5.74) is 23.8. The van der Waals surface area contributed by atoms with Gasteiger partial charge in [-0.1, -0.05) is 36.4 Å². The van der Waals surface area contributed by atoms with E-state index in [9.17, 15) is 19.5 Å². The Balaban J connectivity index is 2.22. The van der Waals surface area contributed by atoms with Gasteiger partial charge in [0.2, 0.25) is 11.8 Å². The van der Waals surface area contributed by atoms with Crippen molar-refractivity contribution in [1.29, 1.82) is 0 Å². The smallest absolute Gasteiger partial charge is 0.312 e. The highest BCUT2D eigenvalue weighted by molar-refractivity contribution is 5.87.